The van der Waals surface area contributed by atoms with Crippen molar-refractivity contribution in [3.8, 4) is 0 Å². The second kappa shape index (κ2) is 12.8. The fourth-order valence-corrected chi connectivity index (χ4v) is 0.703. The number of ether oxygens (including phenoxy) is 3. The SMILES string of the molecule is OCCOCCOCCOCCOO. The third kappa shape index (κ3) is 11.8. The molecule has 0 unspecified atom stereocenters. The Morgan fingerprint density at radius 3 is 1.50 bits per heavy atom. The zero-order valence-corrected chi connectivity index (χ0v) is 8.18. The molecule has 0 aromatic carbocycles. The van der Waals surface area contributed by atoms with E-state index >= 15 is 0 Å². The Labute approximate surface area is 83.3 Å². The molecule has 0 amide bonds. The third-order valence-corrected chi connectivity index (χ3v) is 1.30. The van der Waals surface area contributed by atoms with Crippen LogP contribution in [-0.2, 0) is 19.1 Å². The van der Waals surface area contributed by atoms with E-state index in [1.54, 1.807) is 0 Å². The molecular formula is C8H18O6. The molecule has 0 bridgehead atoms. The van der Waals surface area contributed by atoms with Gasteiger partial charge in [-0.2, -0.15) is 0 Å². The molecule has 2 N–H and O–H groups in total. The molecule has 0 saturated carbocycles. The number of hydrogen-bond donors (Lipinski definition) is 2. The van der Waals surface area contributed by atoms with Crippen LogP contribution in [0.1, 0.15) is 0 Å². The number of aliphatic hydroxyl groups excluding tert-OH is 1. The fourth-order valence-electron chi connectivity index (χ4n) is 0.703. The quantitative estimate of drug-likeness (QED) is 0.272. The molecule has 6 heteroatoms. The smallest absolute Gasteiger partial charge is 0.105 e. The molecule has 0 fully saturated rings. The van der Waals surface area contributed by atoms with Crippen molar-refractivity contribution in [1.82, 2.24) is 0 Å². The van der Waals surface area contributed by atoms with E-state index in [9.17, 15) is 0 Å². The summed E-state index contributed by atoms with van der Waals surface area (Å²) in [5.74, 6) is 0. The first-order valence-electron chi connectivity index (χ1n) is 4.52. The first-order chi connectivity index (χ1) is 6.91. The molecule has 0 atom stereocenters. The molecule has 0 aromatic rings. The van der Waals surface area contributed by atoms with Crippen molar-refractivity contribution in [2.75, 3.05) is 52.9 Å². The average molecular weight is 210 g/mol. The van der Waals surface area contributed by atoms with Gasteiger partial charge in [-0.25, -0.2) is 4.89 Å². The van der Waals surface area contributed by atoms with Crippen LogP contribution in [0.15, 0.2) is 0 Å². The van der Waals surface area contributed by atoms with Gasteiger partial charge in [0.2, 0.25) is 0 Å². The number of rotatable bonds is 11. The Morgan fingerprint density at radius 1 is 0.643 bits per heavy atom. The molecule has 0 aliphatic rings. The van der Waals surface area contributed by atoms with Gasteiger partial charge in [-0.3, -0.25) is 5.26 Å². The molecule has 0 saturated heterocycles. The zero-order chi connectivity index (χ0) is 10.5. The lowest BCUT2D eigenvalue weighted by Crippen LogP contribution is -2.12. The molecule has 0 aromatic heterocycles. The Kier molecular flexibility index (Phi) is 12.5. The predicted octanol–water partition coefficient (Wildman–Crippen LogP) is -0.482. The highest BCUT2D eigenvalue weighted by Crippen LogP contribution is 1.81. The van der Waals surface area contributed by atoms with Crippen molar-refractivity contribution >= 4 is 0 Å². The maximum Gasteiger partial charge on any atom is 0.105 e. The fraction of sp³-hybridized carbons (Fsp3) is 1.00. The molecule has 0 radical (unpaired) electrons. The van der Waals surface area contributed by atoms with Crippen LogP contribution in [0.2, 0.25) is 0 Å². The van der Waals surface area contributed by atoms with Crippen LogP contribution in [0, 0.1) is 0 Å². The van der Waals surface area contributed by atoms with Gasteiger partial charge < -0.3 is 19.3 Å². The maximum absolute atomic E-state index is 8.37. The summed E-state index contributed by atoms with van der Waals surface area (Å²) in [5, 5.41) is 16.3. The van der Waals surface area contributed by atoms with E-state index in [1.807, 2.05) is 0 Å². The summed E-state index contributed by atoms with van der Waals surface area (Å²) in [6.45, 7) is 2.79. The number of hydrogen-bond acceptors (Lipinski definition) is 6. The largest absolute Gasteiger partial charge is 0.394 e. The topological polar surface area (TPSA) is 77.4 Å². The highest BCUT2D eigenvalue weighted by Gasteiger charge is 1.90. The van der Waals surface area contributed by atoms with E-state index in [4.69, 9.17) is 24.6 Å². The summed E-state index contributed by atoms with van der Waals surface area (Å²) in [7, 11) is 0. The molecule has 6 nitrogen and oxygen atoms in total. The third-order valence-electron chi connectivity index (χ3n) is 1.30. The summed E-state index contributed by atoms with van der Waals surface area (Å²) >= 11 is 0. The summed E-state index contributed by atoms with van der Waals surface area (Å²) in [6.07, 6.45) is 0. The van der Waals surface area contributed by atoms with Crippen molar-refractivity contribution < 1.29 is 29.5 Å². The monoisotopic (exact) mass is 210 g/mol. The van der Waals surface area contributed by atoms with E-state index in [0.29, 0.717) is 39.6 Å². The van der Waals surface area contributed by atoms with Crippen LogP contribution in [0.5, 0.6) is 0 Å². The molecule has 0 heterocycles. The lowest BCUT2D eigenvalue weighted by Gasteiger charge is -2.05. The minimum Gasteiger partial charge on any atom is -0.394 e. The highest BCUT2D eigenvalue weighted by molar-refractivity contribution is 4.33. The van der Waals surface area contributed by atoms with Crippen molar-refractivity contribution in [1.29, 1.82) is 0 Å². The Morgan fingerprint density at radius 2 is 1.07 bits per heavy atom. The Bertz CT molecular complexity index is 87.8. The predicted molar refractivity (Wildman–Crippen MR) is 48.1 cm³/mol. The standard InChI is InChI=1S/C8H18O6/c9-1-2-11-3-4-12-5-6-13-7-8-14-10/h9-10H,1-8H2. The van der Waals surface area contributed by atoms with Crippen molar-refractivity contribution in [2.45, 2.75) is 0 Å². The lowest BCUT2D eigenvalue weighted by atomic mass is 10.7. The summed E-state index contributed by atoms with van der Waals surface area (Å²) in [4.78, 5) is 3.80. The lowest BCUT2D eigenvalue weighted by molar-refractivity contribution is -0.249. The zero-order valence-electron chi connectivity index (χ0n) is 8.18. The van der Waals surface area contributed by atoms with Gasteiger partial charge >= 0.3 is 0 Å². The first kappa shape index (κ1) is 13.8. The van der Waals surface area contributed by atoms with Crippen LogP contribution in [0.3, 0.4) is 0 Å². The van der Waals surface area contributed by atoms with Gasteiger partial charge in [0, 0.05) is 0 Å². The van der Waals surface area contributed by atoms with Crippen LogP contribution in [0.4, 0.5) is 0 Å². The number of aliphatic hydroxyl groups is 1. The van der Waals surface area contributed by atoms with Crippen molar-refractivity contribution in [3.05, 3.63) is 0 Å². The second-order valence-electron chi connectivity index (χ2n) is 2.39. The van der Waals surface area contributed by atoms with Crippen LogP contribution >= 0.6 is 0 Å². The molecule has 0 aliphatic carbocycles. The van der Waals surface area contributed by atoms with Gasteiger partial charge in [0.1, 0.15) is 6.61 Å². The van der Waals surface area contributed by atoms with Crippen molar-refractivity contribution in [2.24, 2.45) is 0 Å². The van der Waals surface area contributed by atoms with Gasteiger partial charge in [0.05, 0.1) is 46.2 Å². The first-order valence-corrected chi connectivity index (χ1v) is 4.52. The minimum atomic E-state index is 0.0320. The molecule has 86 valence electrons. The molecule has 0 spiro atoms. The second-order valence-corrected chi connectivity index (χ2v) is 2.39. The maximum atomic E-state index is 8.37. The average Bonchev–Trinajstić information content (AvgIpc) is 2.21. The van der Waals surface area contributed by atoms with Crippen LogP contribution in [0.25, 0.3) is 0 Å². The minimum absolute atomic E-state index is 0.0320. The van der Waals surface area contributed by atoms with Gasteiger partial charge in [0.15, 0.2) is 0 Å². The van der Waals surface area contributed by atoms with Crippen LogP contribution < -0.4 is 0 Å². The van der Waals surface area contributed by atoms with Crippen molar-refractivity contribution in [3.63, 3.8) is 0 Å². The van der Waals surface area contributed by atoms with E-state index in [1.165, 1.54) is 0 Å². The van der Waals surface area contributed by atoms with Crippen LogP contribution in [-0.4, -0.2) is 63.2 Å². The summed E-state index contributed by atoms with van der Waals surface area (Å²) < 4.78 is 15.1. The molecule has 0 aliphatic heterocycles. The van der Waals surface area contributed by atoms with Gasteiger partial charge in [0.25, 0.3) is 0 Å². The Balaban J connectivity index is 2.78. The summed E-state index contributed by atoms with van der Waals surface area (Å²) in [6, 6.07) is 0. The van der Waals surface area contributed by atoms with Gasteiger partial charge in [-0.15, -0.1) is 0 Å². The molecular weight excluding hydrogens is 192 g/mol. The van der Waals surface area contributed by atoms with E-state index < -0.39 is 0 Å². The summed E-state index contributed by atoms with van der Waals surface area (Å²) in [5.41, 5.74) is 0. The van der Waals surface area contributed by atoms with Gasteiger partial charge in [-0.1, -0.05) is 0 Å². The Hall–Kier alpha value is -0.240. The van der Waals surface area contributed by atoms with E-state index in [-0.39, 0.29) is 13.2 Å². The molecule has 0 rings (SSSR count). The molecule has 14 heavy (non-hydrogen) atoms. The van der Waals surface area contributed by atoms with Gasteiger partial charge in [-0.05, 0) is 0 Å². The van der Waals surface area contributed by atoms with E-state index in [2.05, 4.69) is 4.89 Å². The highest BCUT2D eigenvalue weighted by atomic mass is 17.1. The van der Waals surface area contributed by atoms with E-state index in [0.717, 1.165) is 0 Å². The normalized spacial score (nSPS) is 10.7.